The second kappa shape index (κ2) is 7.88. The number of nitrogens with one attached hydrogen (secondary N) is 1. The van der Waals surface area contributed by atoms with Crippen LogP contribution in [0.1, 0.15) is 41.8 Å². The van der Waals surface area contributed by atoms with Gasteiger partial charge in [0.2, 0.25) is 0 Å². The number of amides is 1. The summed E-state index contributed by atoms with van der Waals surface area (Å²) in [5.41, 5.74) is 3.81. The van der Waals surface area contributed by atoms with Gasteiger partial charge in [-0.05, 0) is 49.4 Å². The van der Waals surface area contributed by atoms with Crippen molar-refractivity contribution in [1.29, 1.82) is 0 Å². The SMILES string of the molecule is C[C@H](C(=O)N1CCc2ccccc2C1)[NH+]1CCC[C@H](c2nc3ccccc3s2)C1. The van der Waals surface area contributed by atoms with Crippen molar-refractivity contribution in [2.45, 2.75) is 44.7 Å². The number of carbonyl (C=O) groups is 1. The minimum atomic E-state index is 0.0115. The Morgan fingerprint density at radius 2 is 1.97 bits per heavy atom. The van der Waals surface area contributed by atoms with Gasteiger partial charge in [-0.3, -0.25) is 4.79 Å². The number of rotatable bonds is 3. The summed E-state index contributed by atoms with van der Waals surface area (Å²) in [6.45, 7) is 5.82. The number of piperidine rings is 1. The van der Waals surface area contributed by atoms with E-state index >= 15 is 0 Å². The Morgan fingerprint density at radius 1 is 1.17 bits per heavy atom. The third-order valence-corrected chi connectivity index (χ3v) is 7.84. The van der Waals surface area contributed by atoms with Crippen LogP contribution in [-0.2, 0) is 17.8 Å². The summed E-state index contributed by atoms with van der Waals surface area (Å²) < 4.78 is 1.27. The molecular formula is C24H28N3OS+. The molecule has 2 aromatic carbocycles. The fourth-order valence-corrected chi connectivity index (χ4v) is 6.00. The quantitative estimate of drug-likeness (QED) is 0.726. The van der Waals surface area contributed by atoms with Gasteiger partial charge in [0.05, 0.1) is 29.2 Å². The first-order valence-corrected chi connectivity index (χ1v) is 11.6. The molecule has 3 aromatic rings. The van der Waals surface area contributed by atoms with Gasteiger partial charge in [-0.2, -0.15) is 0 Å². The van der Waals surface area contributed by atoms with Crippen LogP contribution in [0.2, 0.25) is 0 Å². The smallest absolute Gasteiger partial charge is 0.280 e. The van der Waals surface area contributed by atoms with Crippen LogP contribution in [0.3, 0.4) is 0 Å². The van der Waals surface area contributed by atoms with E-state index in [9.17, 15) is 4.79 Å². The standard InChI is InChI=1S/C24H27N3OS/c1-17(24(28)27-14-12-18-7-2-3-8-19(18)15-27)26-13-6-9-20(16-26)23-25-21-10-4-5-11-22(21)29-23/h2-5,7-8,10-11,17,20H,6,9,12-16H2,1H3/p+1/t17-,20+/m1/s1. The summed E-state index contributed by atoms with van der Waals surface area (Å²) in [6.07, 6.45) is 3.32. The highest BCUT2D eigenvalue weighted by Crippen LogP contribution is 2.30. The van der Waals surface area contributed by atoms with Crippen molar-refractivity contribution in [3.63, 3.8) is 0 Å². The van der Waals surface area contributed by atoms with Crippen molar-refractivity contribution >= 4 is 27.5 Å². The van der Waals surface area contributed by atoms with Crippen LogP contribution in [0, 0.1) is 0 Å². The molecule has 0 bridgehead atoms. The first-order chi connectivity index (χ1) is 14.2. The van der Waals surface area contributed by atoms with Gasteiger partial charge in [-0.1, -0.05) is 36.4 Å². The molecule has 1 aromatic heterocycles. The van der Waals surface area contributed by atoms with Crippen molar-refractivity contribution in [2.24, 2.45) is 0 Å². The van der Waals surface area contributed by atoms with Gasteiger partial charge in [0.1, 0.15) is 5.01 Å². The third-order valence-electron chi connectivity index (χ3n) is 6.64. The van der Waals surface area contributed by atoms with E-state index < -0.39 is 0 Å². The molecule has 5 heteroatoms. The summed E-state index contributed by atoms with van der Waals surface area (Å²) in [6, 6.07) is 16.9. The molecule has 0 saturated carbocycles. The van der Waals surface area contributed by atoms with Crippen LogP contribution in [0.15, 0.2) is 48.5 Å². The number of thiazole rings is 1. The zero-order valence-electron chi connectivity index (χ0n) is 16.9. The molecule has 2 aliphatic rings. The lowest BCUT2D eigenvalue weighted by Crippen LogP contribution is -3.17. The zero-order valence-corrected chi connectivity index (χ0v) is 17.8. The topological polar surface area (TPSA) is 37.6 Å². The minimum absolute atomic E-state index is 0.0115. The number of nitrogens with zero attached hydrogens (tertiary/aromatic N) is 2. The molecule has 150 valence electrons. The van der Waals surface area contributed by atoms with E-state index in [2.05, 4.69) is 60.4 Å². The van der Waals surface area contributed by atoms with E-state index in [0.717, 1.165) is 44.5 Å². The molecule has 3 atom stereocenters. The van der Waals surface area contributed by atoms with Gasteiger partial charge in [0, 0.05) is 13.1 Å². The second-order valence-corrected chi connectivity index (χ2v) is 9.53. The summed E-state index contributed by atoms with van der Waals surface area (Å²) in [5.74, 6) is 0.771. The monoisotopic (exact) mass is 406 g/mol. The van der Waals surface area contributed by atoms with Crippen molar-refractivity contribution in [2.75, 3.05) is 19.6 Å². The van der Waals surface area contributed by atoms with Gasteiger partial charge in [0.15, 0.2) is 6.04 Å². The summed E-state index contributed by atoms with van der Waals surface area (Å²) >= 11 is 1.83. The molecule has 5 rings (SSSR count). The maximum atomic E-state index is 13.3. The molecule has 1 amide bonds. The number of aromatic nitrogens is 1. The molecule has 29 heavy (non-hydrogen) atoms. The van der Waals surface area contributed by atoms with E-state index in [1.54, 1.807) is 0 Å². The first kappa shape index (κ1) is 18.8. The van der Waals surface area contributed by atoms with Gasteiger partial charge < -0.3 is 9.80 Å². The van der Waals surface area contributed by atoms with Crippen LogP contribution < -0.4 is 4.90 Å². The van der Waals surface area contributed by atoms with Crippen LogP contribution in [0.25, 0.3) is 10.2 Å². The zero-order chi connectivity index (χ0) is 19.8. The largest absolute Gasteiger partial charge is 0.333 e. The lowest BCUT2D eigenvalue weighted by atomic mass is 9.96. The number of quaternary nitrogens is 1. The maximum Gasteiger partial charge on any atom is 0.280 e. The highest BCUT2D eigenvalue weighted by atomic mass is 32.1. The third kappa shape index (κ3) is 3.69. The molecule has 0 radical (unpaired) electrons. The fourth-order valence-electron chi connectivity index (χ4n) is 4.90. The molecular weight excluding hydrogens is 378 g/mol. The number of fused-ring (bicyclic) bond motifs is 2. The Balaban J connectivity index is 1.28. The van der Waals surface area contributed by atoms with Crippen molar-refractivity contribution in [3.05, 3.63) is 64.7 Å². The summed E-state index contributed by atoms with van der Waals surface area (Å²) in [7, 11) is 0. The minimum Gasteiger partial charge on any atom is -0.333 e. The number of benzene rings is 2. The van der Waals surface area contributed by atoms with Gasteiger partial charge >= 0.3 is 0 Å². The second-order valence-electron chi connectivity index (χ2n) is 8.47. The molecule has 3 heterocycles. The van der Waals surface area contributed by atoms with E-state index in [4.69, 9.17) is 4.98 Å². The van der Waals surface area contributed by atoms with E-state index in [1.165, 1.54) is 32.2 Å². The van der Waals surface area contributed by atoms with E-state index in [0.29, 0.717) is 11.8 Å². The number of carbonyl (C=O) groups excluding carboxylic acids is 1. The Kier molecular flexibility index (Phi) is 5.10. The molecule has 1 N–H and O–H groups in total. The van der Waals surface area contributed by atoms with E-state index in [1.807, 2.05) is 11.3 Å². The summed E-state index contributed by atoms with van der Waals surface area (Å²) in [4.78, 5) is 21.7. The highest BCUT2D eigenvalue weighted by Gasteiger charge is 2.35. The van der Waals surface area contributed by atoms with Crippen molar-refractivity contribution in [3.8, 4) is 0 Å². The molecule has 4 nitrogen and oxygen atoms in total. The van der Waals surface area contributed by atoms with Crippen LogP contribution in [0.5, 0.6) is 0 Å². The molecule has 1 unspecified atom stereocenters. The maximum absolute atomic E-state index is 13.3. The van der Waals surface area contributed by atoms with Crippen molar-refractivity contribution in [1.82, 2.24) is 9.88 Å². The summed E-state index contributed by atoms with van der Waals surface area (Å²) in [5, 5.41) is 1.25. The van der Waals surface area contributed by atoms with Crippen LogP contribution in [0.4, 0.5) is 0 Å². The number of hydrogen-bond acceptors (Lipinski definition) is 3. The average Bonchev–Trinajstić information content (AvgIpc) is 3.22. The predicted octanol–water partition coefficient (Wildman–Crippen LogP) is 3.03. The number of hydrogen-bond donors (Lipinski definition) is 1. The fraction of sp³-hybridized carbons (Fsp3) is 0.417. The lowest BCUT2D eigenvalue weighted by Gasteiger charge is -2.36. The molecule has 0 aliphatic carbocycles. The number of likely N-dealkylation sites (tertiary alicyclic amines) is 1. The normalized spacial score (nSPS) is 23.0. The van der Waals surface area contributed by atoms with Crippen LogP contribution in [-0.4, -0.2) is 41.5 Å². The first-order valence-electron chi connectivity index (χ1n) is 10.7. The molecule has 0 spiro atoms. The van der Waals surface area contributed by atoms with Crippen LogP contribution >= 0.6 is 11.3 Å². The highest BCUT2D eigenvalue weighted by molar-refractivity contribution is 7.18. The predicted molar refractivity (Wildman–Crippen MR) is 117 cm³/mol. The van der Waals surface area contributed by atoms with Crippen molar-refractivity contribution < 1.29 is 9.69 Å². The van der Waals surface area contributed by atoms with Gasteiger partial charge in [-0.15, -0.1) is 11.3 Å². The Bertz CT molecular complexity index is 997. The lowest BCUT2D eigenvalue weighted by molar-refractivity contribution is -0.920. The molecule has 1 fully saturated rings. The Hall–Kier alpha value is -2.24. The Labute approximate surface area is 176 Å². The van der Waals surface area contributed by atoms with E-state index in [-0.39, 0.29) is 6.04 Å². The van der Waals surface area contributed by atoms with Gasteiger partial charge in [0.25, 0.3) is 5.91 Å². The molecule has 2 aliphatic heterocycles. The average molecular weight is 407 g/mol. The Morgan fingerprint density at radius 3 is 2.83 bits per heavy atom. The van der Waals surface area contributed by atoms with Gasteiger partial charge in [-0.25, -0.2) is 4.98 Å². The number of para-hydroxylation sites is 1. The molecule has 1 saturated heterocycles.